The molecule has 0 heterocycles. The van der Waals surface area contributed by atoms with Gasteiger partial charge in [-0.25, -0.2) is 0 Å². The van der Waals surface area contributed by atoms with E-state index < -0.39 is 41.4 Å². The normalized spacial score (nSPS) is 25.2. The van der Waals surface area contributed by atoms with Gasteiger partial charge in [0.25, 0.3) is 0 Å². The molecule has 3 unspecified atom stereocenters. The lowest BCUT2D eigenvalue weighted by Gasteiger charge is -2.59. The molecule has 2 aromatic rings. The maximum absolute atomic E-state index is 15.2. The predicted octanol–water partition coefficient (Wildman–Crippen LogP) is 12.2. The van der Waals surface area contributed by atoms with Crippen molar-refractivity contribution in [3.05, 3.63) is 71.8 Å². The standard InChI is InChI=1S/C47H76O6Si3/c1-13-35(2)32-47(40-21-16-14-17-22-40,41-23-18-15-19-24-41)34-45(3,43(48)50-5)33-46(4,42-38-28-36-27-37(30-38)31-39(42)29-36)44(49)51-25-20-26-56(12,52-54(6,7)8)53-55(9,10)11/h14-19,21-24,35-39,42H,13,20,25-34H2,1-12H3. The van der Waals surface area contributed by atoms with E-state index in [0.29, 0.717) is 43.6 Å². The van der Waals surface area contributed by atoms with Crippen molar-refractivity contribution in [2.45, 2.75) is 149 Å². The first kappa shape index (κ1) is 45.0. The molecule has 4 fully saturated rings. The second-order valence-corrected chi connectivity index (χ2v) is 34.0. The van der Waals surface area contributed by atoms with Crippen LogP contribution < -0.4 is 0 Å². The van der Waals surface area contributed by atoms with Crippen molar-refractivity contribution >= 4 is 37.1 Å². The molecule has 0 aromatic heterocycles. The Hall–Kier alpha value is -2.05. The van der Waals surface area contributed by atoms with E-state index in [4.69, 9.17) is 17.7 Å². The number of carbonyl (C=O) groups is 2. The molecule has 0 radical (unpaired) electrons. The molecule has 6 nitrogen and oxygen atoms in total. The molecule has 2 aromatic carbocycles. The fourth-order valence-corrected chi connectivity index (χ4v) is 24.8. The third kappa shape index (κ3) is 10.6. The number of hydrogen-bond acceptors (Lipinski definition) is 6. The lowest BCUT2D eigenvalue weighted by Crippen LogP contribution is -2.56. The van der Waals surface area contributed by atoms with E-state index in [1.165, 1.54) is 50.3 Å². The van der Waals surface area contributed by atoms with Crippen LogP contribution in [-0.4, -0.2) is 50.9 Å². The summed E-state index contributed by atoms with van der Waals surface area (Å²) in [4.78, 5) is 29.8. The molecular formula is C47H76O6Si3. The number of methoxy groups -OCH3 is 1. The molecule has 9 heteroatoms. The fraction of sp³-hybridized carbons (Fsp3) is 0.702. The molecule has 0 aliphatic heterocycles. The minimum Gasteiger partial charge on any atom is -0.469 e. The first-order valence-electron chi connectivity index (χ1n) is 21.9. The van der Waals surface area contributed by atoms with Gasteiger partial charge in [0.2, 0.25) is 0 Å². The van der Waals surface area contributed by atoms with Crippen LogP contribution in [0.2, 0.25) is 51.9 Å². The van der Waals surface area contributed by atoms with Crippen molar-refractivity contribution in [2.24, 2.45) is 46.3 Å². The molecule has 4 saturated carbocycles. The molecule has 0 N–H and O–H groups in total. The van der Waals surface area contributed by atoms with Crippen LogP contribution in [0.5, 0.6) is 0 Å². The minimum atomic E-state index is -2.49. The highest BCUT2D eigenvalue weighted by molar-refractivity contribution is 6.87. The summed E-state index contributed by atoms with van der Waals surface area (Å²) in [5, 5.41) is 0. The molecule has 4 aliphatic rings. The summed E-state index contributed by atoms with van der Waals surface area (Å²) in [5.41, 5.74) is 0.101. The van der Waals surface area contributed by atoms with Crippen LogP contribution >= 0.6 is 0 Å². The zero-order chi connectivity index (χ0) is 41.2. The van der Waals surface area contributed by atoms with Gasteiger partial charge >= 0.3 is 20.5 Å². The summed E-state index contributed by atoms with van der Waals surface area (Å²) < 4.78 is 25.9. The van der Waals surface area contributed by atoms with Gasteiger partial charge in [-0.2, -0.15) is 0 Å². The third-order valence-electron chi connectivity index (χ3n) is 13.7. The summed E-state index contributed by atoms with van der Waals surface area (Å²) in [6.45, 7) is 24.8. The average Bonchev–Trinajstić information content (AvgIpc) is 3.11. The second kappa shape index (κ2) is 17.7. The summed E-state index contributed by atoms with van der Waals surface area (Å²) >= 11 is 0. The first-order chi connectivity index (χ1) is 26.1. The van der Waals surface area contributed by atoms with Gasteiger partial charge in [0.1, 0.15) is 0 Å². The van der Waals surface area contributed by atoms with Gasteiger partial charge in [-0.3, -0.25) is 9.59 Å². The van der Waals surface area contributed by atoms with Crippen LogP contribution in [0.25, 0.3) is 0 Å². The van der Waals surface area contributed by atoms with Crippen molar-refractivity contribution in [3.63, 3.8) is 0 Å². The highest BCUT2D eigenvalue weighted by Gasteiger charge is 2.60. The zero-order valence-electron chi connectivity index (χ0n) is 37.2. The van der Waals surface area contributed by atoms with Crippen molar-refractivity contribution in [2.75, 3.05) is 13.7 Å². The van der Waals surface area contributed by atoms with Crippen molar-refractivity contribution in [1.29, 1.82) is 0 Å². The molecule has 0 saturated heterocycles. The highest BCUT2D eigenvalue weighted by atomic mass is 28.5. The number of ether oxygens (including phenoxy) is 2. The number of carbonyl (C=O) groups excluding carboxylic acids is 2. The van der Waals surface area contributed by atoms with E-state index in [9.17, 15) is 4.79 Å². The molecule has 0 spiro atoms. The van der Waals surface area contributed by atoms with Gasteiger partial charge in [-0.1, -0.05) is 80.9 Å². The van der Waals surface area contributed by atoms with E-state index >= 15 is 4.79 Å². The Morgan fingerprint density at radius 2 is 1.21 bits per heavy atom. The Labute approximate surface area is 344 Å². The molecule has 56 heavy (non-hydrogen) atoms. The van der Waals surface area contributed by atoms with Gasteiger partial charge in [0.05, 0.1) is 24.5 Å². The Balaban J connectivity index is 1.53. The van der Waals surface area contributed by atoms with Crippen molar-refractivity contribution in [3.8, 4) is 0 Å². The largest absolute Gasteiger partial charge is 0.469 e. The van der Waals surface area contributed by atoms with Gasteiger partial charge in [-0.05, 0) is 170 Å². The van der Waals surface area contributed by atoms with E-state index in [2.05, 4.69) is 134 Å². The van der Waals surface area contributed by atoms with E-state index in [0.717, 1.165) is 30.7 Å². The molecule has 3 atom stereocenters. The van der Waals surface area contributed by atoms with Crippen LogP contribution in [0.4, 0.5) is 0 Å². The summed E-state index contributed by atoms with van der Waals surface area (Å²) in [7, 11) is -4.68. The molecule has 4 bridgehead atoms. The first-order valence-corrected chi connectivity index (χ1v) is 31.3. The van der Waals surface area contributed by atoms with E-state index in [1.54, 1.807) is 0 Å². The lowest BCUT2D eigenvalue weighted by molar-refractivity contribution is -0.180. The van der Waals surface area contributed by atoms with Gasteiger partial charge < -0.3 is 17.7 Å². The Bertz CT molecular complexity index is 1520. The van der Waals surface area contributed by atoms with Crippen LogP contribution in [-0.2, 0) is 32.7 Å². The third-order valence-corrected chi connectivity index (χ3v) is 23.3. The zero-order valence-corrected chi connectivity index (χ0v) is 40.2. The Morgan fingerprint density at radius 3 is 1.64 bits per heavy atom. The average molecular weight is 821 g/mol. The van der Waals surface area contributed by atoms with E-state index in [1.807, 2.05) is 0 Å². The Kier molecular flexibility index (Phi) is 14.2. The van der Waals surface area contributed by atoms with Gasteiger partial charge in [0.15, 0.2) is 16.6 Å². The number of esters is 2. The fourth-order valence-electron chi connectivity index (χ4n) is 12.3. The van der Waals surface area contributed by atoms with Gasteiger partial charge in [-0.15, -0.1) is 0 Å². The molecule has 4 aliphatic carbocycles. The van der Waals surface area contributed by atoms with Crippen LogP contribution in [0.15, 0.2) is 60.7 Å². The summed E-state index contributed by atoms with van der Waals surface area (Å²) in [6, 6.07) is 22.3. The second-order valence-electron chi connectivity index (χ2n) is 21.1. The maximum Gasteiger partial charge on any atom is 0.314 e. The highest BCUT2D eigenvalue weighted by Crippen LogP contribution is 2.64. The van der Waals surface area contributed by atoms with Crippen LogP contribution in [0, 0.1) is 46.3 Å². The number of rotatable bonds is 20. The van der Waals surface area contributed by atoms with Crippen LogP contribution in [0.1, 0.15) is 103 Å². The SMILES string of the molecule is CCC(C)CC(CC(C)(CC(C)(C(=O)OCCC[Si](C)(O[Si](C)(C)C)O[Si](C)(C)C)C1C2CC3CC(C2)CC1C3)C(=O)OC)(c1ccccc1)c1ccccc1. The summed E-state index contributed by atoms with van der Waals surface area (Å²) in [5.74, 6) is 2.68. The van der Waals surface area contributed by atoms with E-state index in [-0.39, 0.29) is 17.9 Å². The van der Waals surface area contributed by atoms with Crippen LogP contribution in [0.3, 0.4) is 0 Å². The maximum atomic E-state index is 15.2. The quantitative estimate of drug-likeness (QED) is 0.0753. The molecule has 0 amide bonds. The lowest BCUT2D eigenvalue weighted by atomic mass is 9.45. The number of benzene rings is 2. The Morgan fingerprint density at radius 1 is 0.732 bits per heavy atom. The smallest absolute Gasteiger partial charge is 0.314 e. The summed E-state index contributed by atoms with van der Waals surface area (Å²) in [6.07, 6.45) is 9.64. The molecular weight excluding hydrogens is 745 g/mol. The minimum absolute atomic E-state index is 0.141. The van der Waals surface area contributed by atoms with Gasteiger partial charge in [0, 0.05) is 5.41 Å². The van der Waals surface area contributed by atoms with Crippen molar-refractivity contribution < 1.29 is 27.3 Å². The monoisotopic (exact) mass is 820 g/mol. The molecule has 312 valence electrons. The predicted molar refractivity (Wildman–Crippen MR) is 237 cm³/mol. The van der Waals surface area contributed by atoms with Crippen molar-refractivity contribution in [1.82, 2.24) is 0 Å². The topological polar surface area (TPSA) is 71.1 Å². The molecule has 6 rings (SSSR count). The number of hydrogen-bond donors (Lipinski definition) is 0.